The molecule has 150 valence electrons. The molecular weight excluding hydrogens is 368 g/mol. The van der Waals surface area contributed by atoms with E-state index in [4.69, 9.17) is 4.74 Å². The lowest BCUT2D eigenvalue weighted by Gasteiger charge is -2.52. The standard InChI is InChI=1S/C23H24N2O4/c1-3-23(4-2)20(27)25(21(23)29-16-15-26)22(28)24-19(17-11-7-5-8-12-17)18-13-9-6-10-14-18/h5-14,16,19,21H,3-4H2,1-2H3,(H,24,28). The summed E-state index contributed by atoms with van der Waals surface area (Å²) < 4.78 is 5.42. The van der Waals surface area contributed by atoms with E-state index in [0.717, 1.165) is 22.3 Å². The number of hydrogen-bond donors (Lipinski definition) is 1. The molecule has 3 rings (SSSR count). The van der Waals surface area contributed by atoms with Crippen LogP contribution >= 0.6 is 0 Å². The van der Waals surface area contributed by atoms with Gasteiger partial charge in [0.25, 0.3) is 0 Å². The van der Waals surface area contributed by atoms with Crippen LogP contribution in [0.2, 0.25) is 0 Å². The Morgan fingerprint density at radius 2 is 1.62 bits per heavy atom. The van der Waals surface area contributed by atoms with Crippen LogP contribution in [0.1, 0.15) is 43.9 Å². The van der Waals surface area contributed by atoms with Crippen molar-refractivity contribution in [2.45, 2.75) is 39.0 Å². The van der Waals surface area contributed by atoms with Crippen LogP contribution in [-0.4, -0.2) is 29.0 Å². The maximum Gasteiger partial charge on any atom is 0.327 e. The molecule has 1 atom stereocenters. The number of β-lactam (4-membered cyclic amide) rings is 1. The second-order valence-electron chi connectivity index (χ2n) is 6.97. The van der Waals surface area contributed by atoms with E-state index in [1.165, 1.54) is 0 Å². The van der Waals surface area contributed by atoms with Crippen molar-refractivity contribution in [2.24, 2.45) is 5.41 Å². The van der Waals surface area contributed by atoms with Gasteiger partial charge in [0.1, 0.15) is 5.41 Å². The first kappa shape index (κ1) is 20.4. The lowest BCUT2D eigenvalue weighted by atomic mass is 9.72. The van der Waals surface area contributed by atoms with Gasteiger partial charge in [0.05, 0.1) is 6.04 Å². The van der Waals surface area contributed by atoms with Crippen molar-refractivity contribution in [3.63, 3.8) is 0 Å². The van der Waals surface area contributed by atoms with Gasteiger partial charge in [0.15, 0.2) is 18.4 Å². The van der Waals surface area contributed by atoms with Crippen LogP contribution in [0.5, 0.6) is 0 Å². The van der Waals surface area contributed by atoms with E-state index in [-0.39, 0.29) is 5.91 Å². The average molecular weight is 392 g/mol. The maximum atomic E-state index is 13.1. The summed E-state index contributed by atoms with van der Waals surface area (Å²) in [6.45, 7) is 3.74. The predicted molar refractivity (Wildman–Crippen MR) is 108 cm³/mol. The van der Waals surface area contributed by atoms with Crippen molar-refractivity contribution in [1.82, 2.24) is 10.2 Å². The van der Waals surface area contributed by atoms with Crippen LogP contribution < -0.4 is 5.32 Å². The van der Waals surface area contributed by atoms with Crippen LogP contribution in [0.15, 0.2) is 66.9 Å². The molecule has 2 aromatic carbocycles. The smallest absolute Gasteiger partial charge is 0.327 e. The molecule has 1 heterocycles. The molecule has 1 fully saturated rings. The monoisotopic (exact) mass is 392 g/mol. The third kappa shape index (κ3) is 3.67. The number of hydrogen-bond acceptors (Lipinski definition) is 4. The molecule has 0 aromatic heterocycles. The summed E-state index contributed by atoms with van der Waals surface area (Å²) in [4.78, 5) is 37.7. The molecule has 6 heteroatoms. The third-order valence-corrected chi connectivity index (χ3v) is 5.61. The summed E-state index contributed by atoms with van der Waals surface area (Å²) >= 11 is 0. The molecule has 0 bridgehead atoms. The largest absolute Gasteiger partial charge is 0.465 e. The minimum atomic E-state index is -0.835. The highest BCUT2D eigenvalue weighted by atomic mass is 16.5. The topological polar surface area (TPSA) is 75.7 Å². The summed E-state index contributed by atoms with van der Waals surface area (Å²) in [6.07, 6.45) is 1.04. The highest BCUT2D eigenvalue weighted by Crippen LogP contribution is 2.46. The molecule has 0 saturated carbocycles. The first-order valence-corrected chi connectivity index (χ1v) is 9.68. The van der Waals surface area contributed by atoms with Gasteiger partial charge in [-0.15, -0.1) is 0 Å². The summed E-state index contributed by atoms with van der Waals surface area (Å²) in [5.74, 6) is 1.25. The Morgan fingerprint density at radius 1 is 1.10 bits per heavy atom. The Bertz CT molecular complexity index is 863. The molecule has 3 amide bonds. The van der Waals surface area contributed by atoms with Crippen molar-refractivity contribution in [1.29, 1.82) is 0 Å². The van der Waals surface area contributed by atoms with Crippen LogP contribution in [0.3, 0.4) is 0 Å². The minimum absolute atomic E-state index is 0.302. The van der Waals surface area contributed by atoms with Crippen molar-refractivity contribution in [2.75, 3.05) is 0 Å². The van der Waals surface area contributed by atoms with Gasteiger partial charge in [-0.1, -0.05) is 74.5 Å². The Balaban J connectivity index is 1.89. The van der Waals surface area contributed by atoms with Crippen molar-refractivity contribution in [3.05, 3.63) is 78.1 Å². The first-order chi connectivity index (χ1) is 14.1. The Morgan fingerprint density at radius 3 is 2.07 bits per heavy atom. The van der Waals surface area contributed by atoms with Gasteiger partial charge in [-0.05, 0) is 24.0 Å². The summed E-state index contributed by atoms with van der Waals surface area (Å²) in [7, 11) is 0. The van der Waals surface area contributed by atoms with E-state index in [1.807, 2.05) is 74.5 Å². The quantitative estimate of drug-likeness (QED) is 0.442. The summed E-state index contributed by atoms with van der Waals surface area (Å²) in [5.41, 5.74) is 0.963. The van der Waals surface area contributed by atoms with Crippen LogP contribution in [0, 0.1) is 5.41 Å². The highest BCUT2D eigenvalue weighted by Gasteiger charge is 2.62. The fourth-order valence-corrected chi connectivity index (χ4v) is 3.86. The lowest BCUT2D eigenvalue weighted by molar-refractivity contribution is -0.198. The van der Waals surface area contributed by atoms with E-state index in [2.05, 4.69) is 5.32 Å². The Labute approximate surface area is 170 Å². The molecule has 0 aliphatic carbocycles. The molecule has 0 radical (unpaired) electrons. The zero-order valence-electron chi connectivity index (χ0n) is 16.5. The zero-order chi connectivity index (χ0) is 20.9. The minimum Gasteiger partial charge on any atom is -0.465 e. The van der Waals surface area contributed by atoms with Gasteiger partial charge in [0, 0.05) is 0 Å². The van der Waals surface area contributed by atoms with Gasteiger partial charge in [-0.25, -0.2) is 14.5 Å². The van der Waals surface area contributed by atoms with Gasteiger partial charge in [-0.3, -0.25) is 4.79 Å². The molecule has 1 N–H and O–H groups in total. The first-order valence-electron chi connectivity index (χ1n) is 9.68. The number of carbonyl (C=O) groups is 2. The number of likely N-dealkylation sites (tertiary alicyclic amines) is 1. The number of amides is 3. The number of nitrogens with zero attached hydrogens (tertiary/aromatic N) is 1. The van der Waals surface area contributed by atoms with Crippen LogP contribution in [-0.2, 0) is 14.3 Å². The number of urea groups is 1. The fraction of sp³-hybridized carbons (Fsp3) is 0.304. The number of nitrogens with one attached hydrogen (secondary N) is 1. The predicted octanol–water partition coefficient (Wildman–Crippen LogP) is 3.82. The number of ether oxygens (including phenoxy) is 1. The summed E-state index contributed by atoms with van der Waals surface area (Å²) in [6, 6.07) is 18.1. The number of carbonyl (C=O) groups excluding carboxylic acids is 3. The van der Waals surface area contributed by atoms with E-state index < -0.39 is 23.7 Å². The molecule has 0 spiro atoms. The normalized spacial score (nSPS) is 17.3. The highest BCUT2D eigenvalue weighted by molar-refractivity contribution is 6.03. The third-order valence-electron chi connectivity index (χ3n) is 5.61. The second kappa shape index (κ2) is 8.76. The van der Waals surface area contributed by atoms with Gasteiger partial charge in [-0.2, -0.15) is 0 Å². The number of rotatable bonds is 7. The molecular formula is C23H24N2O4. The van der Waals surface area contributed by atoms with Gasteiger partial charge in [0.2, 0.25) is 5.91 Å². The van der Waals surface area contributed by atoms with Crippen molar-refractivity contribution >= 4 is 17.9 Å². The Hall–Kier alpha value is -3.37. The molecule has 1 aliphatic rings. The molecule has 6 nitrogen and oxygen atoms in total. The van der Waals surface area contributed by atoms with Crippen molar-refractivity contribution < 1.29 is 19.1 Å². The maximum absolute atomic E-state index is 13.1. The van der Waals surface area contributed by atoms with E-state index >= 15 is 0 Å². The van der Waals surface area contributed by atoms with E-state index in [9.17, 15) is 14.4 Å². The summed E-state index contributed by atoms with van der Waals surface area (Å²) in [5, 5.41) is 2.95. The second-order valence-corrected chi connectivity index (χ2v) is 6.97. The molecule has 2 aromatic rings. The Kier molecular flexibility index (Phi) is 6.15. The van der Waals surface area contributed by atoms with Crippen molar-refractivity contribution in [3.8, 4) is 0 Å². The lowest BCUT2D eigenvalue weighted by Crippen LogP contribution is -2.72. The molecule has 1 unspecified atom stereocenters. The zero-order valence-corrected chi connectivity index (χ0v) is 16.5. The van der Waals surface area contributed by atoms with E-state index in [0.29, 0.717) is 12.8 Å². The SMILES string of the molecule is CCC1(CC)C(=O)N(C(=O)NC(c2ccccc2)c2ccccc2)C1OC=C=O. The average Bonchev–Trinajstić information content (AvgIpc) is 2.77. The van der Waals surface area contributed by atoms with Gasteiger partial charge < -0.3 is 10.1 Å². The van der Waals surface area contributed by atoms with Crippen LogP contribution in [0.25, 0.3) is 0 Å². The van der Waals surface area contributed by atoms with E-state index in [1.54, 1.807) is 5.94 Å². The molecule has 29 heavy (non-hydrogen) atoms. The van der Waals surface area contributed by atoms with Crippen LogP contribution in [0.4, 0.5) is 4.79 Å². The number of benzene rings is 2. The van der Waals surface area contributed by atoms with Gasteiger partial charge >= 0.3 is 6.03 Å². The fourth-order valence-electron chi connectivity index (χ4n) is 3.86. The molecule has 1 aliphatic heterocycles. The molecule has 1 saturated heterocycles. The number of imide groups is 1.